The van der Waals surface area contributed by atoms with Crippen LogP contribution in [-0.4, -0.2) is 30.1 Å². The number of carbonyl (C=O) groups is 2. The molecular formula is C23H26ClNO4. The SMILES string of the molecule is COc1ccc(-c2cc(C(=O)N[C@@H](CC3CCCCC3)C(=O)O)ccc2Cl)cc1. The number of ether oxygens (including phenoxy) is 1. The molecule has 2 N–H and O–H groups in total. The van der Waals surface area contributed by atoms with Gasteiger partial charge < -0.3 is 15.2 Å². The zero-order valence-corrected chi connectivity index (χ0v) is 17.2. The van der Waals surface area contributed by atoms with Crippen LogP contribution in [0.5, 0.6) is 5.75 Å². The van der Waals surface area contributed by atoms with Gasteiger partial charge in [0.25, 0.3) is 5.91 Å². The van der Waals surface area contributed by atoms with Crippen LogP contribution in [0.3, 0.4) is 0 Å². The molecule has 154 valence electrons. The fraction of sp³-hybridized carbons (Fsp3) is 0.391. The molecule has 1 amide bonds. The number of methoxy groups -OCH3 is 1. The Balaban J connectivity index is 1.76. The monoisotopic (exact) mass is 415 g/mol. The van der Waals surface area contributed by atoms with E-state index in [-0.39, 0.29) is 0 Å². The summed E-state index contributed by atoms with van der Waals surface area (Å²) < 4.78 is 5.17. The van der Waals surface area contributed by atoms with Gasteiger partial charge in [0.2, 0.25) is 0 Å². The van der Waals surface area contributed by atoms with E-state index in [1.54, 1.807) is 25.3 Å². The van der Waals surface area contributed by atoms with Crippen LogP contribution in [0.4, 0.5) is 0 Å². The molecule has 1 aliphatic carbocycles. The number of carboxylic acids is 1. The number of carboxylic acid groups (broad SMARTS) is 1. The van der Waals surface area contributed by atoms with Gasteiger partial charge in [-0.25, -0.2) is 4.79 Å². The lowest BCUT2D eigenvalue weighted by molar-refractivity contribution is -0.139. The highest BCUT2D eigenvalue weighted by Crippen LogP contribution is 2.31. The van der Waals surface area contributed by atoms with Crippen molar-refractivity contribution in [3.8, 4) is 16.9 Å². The quantitative estimate of drug-likeness (QED) is 0.654. The Morgan fingerprint density at radius 3 is 2.45 bits per heavy atom. The van der Waals surface area contributed by atoms with E-state index in [2.05, 4.69) is 5.32 Å². The van der Waals surface area contributed by atoms with Crippen LogP contribution in [0.1, 0.15) is 48.9 Å². The molecule has 29 heavy (non-hydrogen) atoms. The van der Waals surface area contributed by atoms with Crippen molar-refractivity contribution in [3.63, 3.8) is 0 Å². The molecule has 0 aliphatic heterocycles. The topological polar surface area (TPSA) is 75.6 Å². The van der Waals surface area contributed by atoms with Gasteiger partial charge in [0.15, 0.2) is 0 Å². The zero-order chi connectivity index (χ0) is 20.8. The standard InChI is InChI=1S/C23H26ClNO4/c1-29-18-10-7-16(8-11-18)19-14-17(9-12-20(19)24)22(26)25-21(23(27)28)13-15-5-3-2-4-6-15/h7-12,14-15,21H,2-6,13H2,1H3,(H,25,26)(H,27,28)/t21-/m0/s1. The minimum absolute atomic E-state index is 0.352. The molecule has 1 atom stereocenters. The van der Waals surface area contributed by atoms with Crippen molar-refractivity contribution in [2.45, 2.75) is 44.6 Å². The van der Waals surface area contributed by atoms with Crippen LogP contribution >= 0.6 is 11.6 Å². The van der Waals surface area contributed by atoms with Crippen LogP contribution in [0.2, 0.25) is 5.02 Å². The third kappa shape index (κ3) is 5.51. The molecule has 0 saturated heterocycles. The van der Waals surface area contributed by atoms with Gasteiger partial charge in [0, 0.05) is 16.1 Å². The number of hydrogen-bond acceptors (Lipinski definition) is 3. The first-order chi connectivity index (χ1) is 14.0. The highest BCUT2D eigenvalue weighted by molar-refractivity contribution is 6.33. The Kier molecular flexibility index (Phi) is 7.15. The maximum Gasteiger partial charge on any atom is 0.326 e. The summed E-state index contributed by atoms with van der Waals surface area (Å²) in [5.41, 5.74) is 1.94. The molecule has 6 heteroatoms. The minimum atomic E-state index is -0.992. The lowest BCUT2D eigenvalue weighted by Gasteiger charge is -2.25. The maximum absolute atomic E-state index is 12.8. The molecule has 5 nitrogen and oxygen atoms in total. The molecule has 0 spiro atoms. The summed E-state index contributed by atoms with van der Waals surface area (Å²) in [4.78, 5) is 24.5. The molecule has 0 bridgehead atoms. The van der Waals surface area contributed by atoms with Gasteiger partial charge in [-0.05, 0) is 48.2 Å². The van der Waals surface area contributed by atoms with E-state index >= 15 is 0 Å². The van der Waals surface area contributed by atoms with E-state index < -0.39 is 17.9 Å². The van der Waals surface area contributed by atoms with Gasteiger partial charge >= 0.3 is 5.97 Å². The van der Waals surface area contributed by atoms with Crippen LogP contribution in [-0.2, 0) is 4.79 Å². The van der Waals surface area contributed by atoms with Crippen molar-refractivity contribution < 1.29 is 19.4 Å². The highest BCUT2D eigenvalue weighted by Gasteiger charge is 2.26. The molecule has 1 fully saturated rings. The lowest BCUT2D eigenvalue weighted by atomic mass is 9.85. The Labute approximate surface area is 176 Å². The summed E-state index contributed by atoms with van der Waals surface area (Å²) in [6, 6.07) is 11.5. The number of hydrogen-bond donors (Lipinski definition) is 2. The molecule has 2 aromatic carbocycles. The van der Waals surface area contributed by atoms with Crippen LogP contribution in [0.15, 0.2) is 42.5 Å². The first-order valence-electron chi connectivity index (χ1n) is 9.95. The summed E-state index contributed by atoms with van der Waals surface area (Å²) in [5.74, 6) is -0.316. The first kappa shape index (κ1) is 21.2. The average molecular weight is 416 g/mol. The van der Waals surface area contributed by atoms with Crippen molar-refractivity contribution in [3.05, 3.63) is 53.1 Å². The molecule has 2 aromatic rings. The van der Waals surface area contributed by atoms with Crippen molar-refractivity contribution in [2.24, 2.45) is 5.92 Å². The third-order valence-corrected chi connectivity index (χ3v) is 5.86. The average Bonchev–Trinajstić information content (AvgIpc) is 2.74. The van der Waals surface area contributed by atoms with Gasteiger partial charge in [0.1, 0.15) is 11.8 Å². The van der Waals surface area contributed by atoms with E-state index in [0.29, 0.717) is 28.5 Å². The normalized spacial score (nSPS) is 15.5. The number of nitrogens with one attached hydrogen (secondary N) is 1. The molecule has 0 heterocycles. The Hall–Kier alpha value is -2.53. The molecular weight excluding hydrogens is 390 g/mol. The van der Waals surface area contributed by atoms with Crippen molar-refractivity contribution in [1.29, 1.82) is 0 Å². The fourth-order valence-electron chi connectivity index (χ4n) is 3.88. The zero-order valence-electron chi connectivity index (χ0n) is 16.5. The second kappa shape index (κ2) is 9.79. The van der Waals surface area contributed by atoms with Crippen molar-refractivity contribution in [1.82, 2.24) is 5.32 Å². The van der Waals surface area contributed by atoms with Crippen molar-refractivity contribution in [2.75, 3.05) is 7.11 Å². The summed E-state index contributed by atoms with van der Waals surface area (Å²) >= 11 is 6.34. The number of aliphatic carboxylic acids is 1. The van der Waals surface area contributed by atoms with E-state index in [4.69, 9.17) is 16.3 Å². The first-order valence-corrected chi connectivity index (χ1v) is 10.3. The summed E-state index contributed by atoms with van der Waals surface area (Å²) in [6.07, 6.45) is 6.00. The Morgan fingerprint density at radius 1 is 1.14 bits per heavy atom. The number of halogens is 1. The van der Waals surface area contributed by atoms with E-state index in [0.717, 1.165) is 37.0 Å². The molecule has 1 aliphatic rings. The highest BCUT2D eigenvalue weighted by atomic mass is 35.5. The summed E-state index contributed by atoms with van der Waals surface area (Å²) in [6.45, 7) is 0. The molecule has 3 rings (SSSR count). The predicted octanol–water partition coefficient (Wildman–Crippen LogP) is 5.17. The number of benzene rings is 2. The third-order valence-electron chi connectivity index (χ3n) is 5.53. The number of amides is 1. The van der Waals surface area contributed by atoms with Gasteiger partial charge in [-0.15, -0.1) is 0 Å². The van der Waals surface area contributed by atoms with E-state index in [1.807, 2.05) is 24.3 Å². The van der Waals surface area contributed by atoms with Gasteiger partial charge in [-0.3, -0.25) is 4.79 Å². The van der Waals surface area contributed by atoms with Gasteiger partial charge in [-0.1, -0.05) is 55.8 Å². The number of carbonyl (C=O) groups excluding carboxylic acids is 1. The Morgan fingerprint density at radius 2 is 1.83 bits per heavy atom. The molecule has 0 unspecified atom stereocenters. The largest absolute Gasteiger partial charge is 0.497 e. The second-order valence-electron chi connectivity index (χ2n) is 7.53. The smallest absolute Gasteiger partial charge is 0.326 e. The predicted molar refractivity (Wildman–Crippen MR) is 114 cm³/mol. The summed E-state index contributed by atoms with van der Waals surface area (Å²) in [7, 11) is 1.60. The second-order valence-corrected chi connectivity index (χ2v) is 7.93. The molecule has 0 aromatic heterocycles. The van der Waals surface area contributed by atoms with Crippen LogP contribution in [0.25, 0.3) is 11.1 Å². The fourth-order valence-corrected chi connectivity index (χ4v) is 4.10. The van der Waals surface area contributed by atoms with Gasteiger partial charge in [-0.2, -0.15) is 0 Å². The van der Waals surface area contributed by atoms with E-state index in [9.17, 15) is 14.7 Å². The van der Waals surface area contributed by atoms with Crippen molar-refractivity contribution >= 4 is 23.5 Å². The van der Waals surface area contributed by atoms with Crippen LogP contribution in [0, 0.1) is 5.92 Å². The minimum Gasteiger partial charge on any atom is -0.497 e. The lowest BCUT2D eigenvalue weighted by Crippen LogP contribution is -2.42. The molecule has 1 saturated carbocycles. The summed E-state index contributed by atoms with van der Waals surface area (Å²) in [5, 5.41) is 12.8. The van der Waals surface area contributed by atoms with E-state index in [1.165, 1.54) is 6.42 Å². The number of rotatable bonds is 7. The van der Waals surface area contributed by atoms with Crippen LogP contribution < -0.4 is 10.1 Å². The molecule has 0 radical (unpaired) electrons. The maximum atomic E-state index is 12.8. The van der Waals surface area contributed by atoms with Gasteiger partial charge in [0.05, 0.1) is 7.11 Å². The Bertz CT molecular complexity index is 860.